The normalized spacial score (nSPS) is 33.9. The largest absolute Gasteiger partial charge is 0.338 e. The topological polar surface area (TPSA) is 17.8 Å². The van der Waals surface area contributed by atoms with E-state index in [-0.39, 0.29) is 5.41 Å². The molecule has 72 valence electrons. The van der Waals surface area contributed by atoms with Gasteiger partial charge in [-0.05, 0) is 19.3 Å². The van der Waals surface area contributed by atoms with Gasteiger partial charge in [0.1, 0.15) is 5.82 Å². The molecule has 0 saturated heterocycles. The van der Waals surface area contributed by atoms with Crippen molar-refractivity contribution in [3.05, 3.63) is 18.2 Å². The number of aryl methyl sites for hydroxylation is 1. The lowest BCUT2D eigenvalue weighted by molar-refractivity contribution is 0.445. The van der Waals surface area contributed by atoms with Gasteiger partial charge in [0.2, 0.25) is 0 Å². The van der Waals surface area contributed by atoms with E-state index in [1.165, 1.54) is 25.1 Å². The maximum atomic E-state index is 4.45. The number of nitrogens with zero attached hydrogens (tertiary/aromatic N) is 2. The Balaban J connectivity index is 2.30. The van der Waals surface area contributed by atoms with Crippen molar-refractivity contribution in [1.82, 2.24) is 9.55 Å². The average Bonchev–Trinajstić information content (AvgIpc) is 2.59. The summed E-state index contributed by atoms with van der Waals surface area (Å²) in [7, 11) is 2.08. The number of halogens is 1. The van der Waals surface area contributed by atoms with Gasteiger partial charge in [-0.1, -0.05) is 22.9 Å². The van der Waals surface area contributed by atoms with Crippen LogP contribution in [-0.4, -0.2) is 14.4 Å². The van der Waals surface area contributed by atoms with Crippen LogP contribution < -0.4 is 0 Å². The van der Waals surface area contributed by atoms with Gasteiger partial charge in [-0.2, -0.15) is 0 Å². The molecule has 1 saturated carbocycles. The van der Waals surface area contributed by atoms with Crippen molar-refractivity contribution in [3.63, 3.8) is 0 Å². The standard InChI is InChI=1S/C10H15BrN2/c1-10(4-3-8(11)7-10)9-12-5-6-13(9)2/h5-6,8H,3-4,7H2,1-2H3. The molecular formula is C10H15BrN2. The summed E-state index contributed by atoms with van der Waals surface area (Å²) in [6.45, 7) is 2.32. The van der Waals surface area contributed by atoms with Crippen molar-refractivity contribution < 1.29 is 0 Å². The molecule has 1 heterocycles. The number of hydrogen-bond acceptors (Lipinski definition) is 1. The Labute approximate surface area is 87.5 Å². The van der Waals surface area contributed by atoms with Gasteiger partial charge in [0.15, 0.2) is 0 Å². The van der Waals surface area contributed by atoms with E-state index in [1.807, 2.05) is 12.4 Å². The lowest BCUT2D eigenvalue weighted by atomic mass is 9.88. The molecule has 1 aromatic rings. The van der Waals surface area contributed by atoms with Crippen molar-refractivity contribution >= 4 is 15.9 Å². The second kappa shape index (κ2) is 3.12. The van der Waals surface area contributed by atoms with Crippen molar-refractivity contribution in [2.75, 3.05) is 0 Å². The summed E-state index contributed by atoms with van der Waals surface area (Å²) >= 11 is 3.69. The van der Waals surface area contributed by atoms with Gasteiger partial charge in [-0.15, -0.1) is 0 Å². The SMILES string of the molecule is Cn1ccnc1C1(C)CCC(Br)C1. The molecule has 0 N–H and O–H groups in total. The first-order valence-electron chi connectivity index (χ1n) is 4.74. The van der Waals surface area contributed by atoms with Gasteiger partial charge in [-0.25, -0.2) is 4.98 Å². The summed E-state index contributed by atoms with van der Waals surface area (Å²) in [5.41, 5.74) is 0.284. The molecule has 0 radical (unpaired) electrons. The van der Waals surface area contributed by atoms with E-state index in [1.54, 1.807) is 0 Å². The Kier molecular flexibility index (Phi) is 2.22. The van der Waals surface area contributed by atoms with Gasteiger partial charge in [0, 0.05) is 29.7 Å². The molecule has 1 fully saturated rings. The van der Waals surface area contributed by atoms with Gasteiger partial charge in [0.05, 0.1) is 0 Å². The van der Waals surface area contributed by atoms with Crippen LogP contribution >= 0.6 is 15.9 Å². The maximum absolute atomic E-state index is 4.45. The highest BCUT2D eigenvalue weighted by molar-refractivity contribution is 9.09. The third-order valence-corrected chi connectivity index (χ3v) is 3.82. The number of imidazole rings is 1. The first kappa shape index (κ1) is 9.25. The molecular weight excluding hydrogens is 228 g/mol. The van der Waals surface area contributed by atoms with Crippen LogP contribution in [-0.2, 0) is 12.5 Å². The first-order valence-corrected chi connectivity index (χ1v) is 5.65. The molecule has 13 heavy (non-hydrogen) atoms. The van der Waals surface area contributed by atoms with Crippen LogP contribution in [0.3, 0.4) is 0 Å². The zero-order chi connectivity index (χ0) is 9.47. The Morgan fingerprint density at radius 3 is 2.92 bits per heavy atom. The Morgan fingerprint density at radius 2 is 2.46 bits per heavy atom. The molecule has 0 aromatic carbocycles. The van der Waals surface area contributed by atoms with Gasteiger partial charge >= 0.3 is 0 Å². The van der Waals surface area contributed by atoms with Crippen molar-refractivity contribution in [3.8, 4) is 0 Å². The van der Waals surface area contributed by atoms with Crippen LogP contribution in [0, 0.1) is 0 Å². The number of hydrogen-bond donors (Lipinski definition) is 0. The second-order valence-electron chi connectivity index (χ2n) is 4.26. The zero-order valence-corrected chi connectivity index (χ0v) is 9.71. The quantitative estimate of drug-likeness (QED) is 0.693. The molecule has 2 atom stereocenters. The van der Waals surface area contributed by atoms with Crippen LogP contribution in [0.25, 0.3) is 0 Å². The first-order chi connectivity index (χ1) is 6.12. The second-order valence-corrected chi connectivity index (χ2v) is 5.56. The summed E-state index contributed by atoms with van der Waals surface area (Å²) in [6, 6.07) is 0. The minimum absolute atomic E-state index is 0.284. The summed E-state index contributed by atoms with van der Waals surface area (Å²) in [5.74, 6) is 1.23. The molecule has 1 aromatic heterocycles. The fourth-order valence-corrected chi connectivity index (χ4v) is 3.26. The fraction of sp³-hybridized carbons (Fsp3) is 0.700. The van der Waals surface area contributed by atoms with E-state index < -0.39 is 0 Å². The molecule has 3 heteroatoms. The smallest absolute Gasteiger partial charge is 0.114 e. The van der Waals surface area contributed by atoms with Gasteiger partial charge in [0.25, 0.3) is 0 Å². The molecule has 2 unspecified atom stereocenters. The minimum atomic E-state index is 0.284. The lowest BCUT2D eigenvalue weighted by Crippen LogP contribution is -2.22. The third kappa shape index (κ3) is 1.54. The monoisotopic (exact) mass is 242 g/mol. The van der Waals surface area contributed by atoms with E-state index in [0.717, 1.165) is 0 Å². The molecule has 2 rings (SSSR count). The summed E-state index contributed by atoms with van der Waals surface area (Å²) in [4.78, 5) is 5.12. The Hall–Kier alpha value is -0.310. The fourth-order valence-electron chi connectivity index (χ4n) is 2.32. The number of rotatable bonds is 1. The average molecular weight is 243 g/mol. The minimum Gasteiger partial charge on any atom is -0.338 e. The highest BCUT2D eigenvalue weighted by Gasteiger charge is 2.38. The predicted octanol–water partition coefficient (Wildman–Crippen LogP) is 2.63. The van der Waals surface area contributed by atoms with Crippen molar-refractivity contribution in [1.29, 1.82) is 0 Å². The molecule has 1 aliphatic carbocycles. The summed E-state index contributed by atoms with van der Waals surface area (Å²) in [5, 5.41) is 0. The van der Waals surface area contributed by atoms with Crippen LogP contribution in [0.1, 0.15) is 32.0 Å². The number of aromatic nitrogens is 2. The highest BCUT2D eigenvalue weighted by atomic mass is 79.9. The predicted molar refractivity (Wildman–Crippen MR) is 57.1 cm³/mol. The maximum Gasteiger partial charge on any atom is 0.114 e. The highest BCUT2D eigenvalue weighted by Crippen LogP contribution is 2.42. The van der Waals surface area contributed by atoms with Gasteiger partial charge in [-0.3, -0.25) is 0 Å². The van der Waals surface area contributed by atoms with Crippen LogP contribution in [0.2, 0.25) is 0 Å². The van der Waals surface area contributed by atoms with E-state index in [2.05, 4.69) is 39.5 Å². The van der Waals surface area contributed by atoms with Crippen LogP contribution in [0.15, 0.2) is 12.4 Å². The summed E-state index contributed by atoms with van der Waals surface area (Å²) < 4.78 is 2.14. The molecule has 0 aliphatic heterocycles. The van der Waals surface area contributed by atoms with Crippen molar-refractivity contribution in [2.24, 2.45) is 7.05 Å². The zero-order valence-electron chi connectivity index (χ0n) is 8.13. The molecule has 1 aliphatic rings. The third-order valence-electron chi connectivity index (χ3n) is 3.04. The lowest BCUT2D eigenvalue weighted by Gasteiger charge is -2.22. The van der Waals surface area contributed by atoms with Crippen LogP contribution in [0.4, 0.5) is 0 Å². The van der Waals surface area contributed by atoms with Crippen LogP contribution in [0.5, 0.6) is 0 Å². The van der Waals surface area contributed by atoms with Crippen molar-refractivity contribution in [2.45, 2.75) is 36.4 Å². The Bertz CT molecular complexity index is 308. The van der Waals surface area contributed by atoms with E-state index in [4.69, 9.17) is 0 Å². The molecule has 0 amide bonds. The van der Waals surface area contributed by atoms with E-state index in [0.29, 0.717) is 4.83 Å². The molecule has 0 spiro atoms. The van der Waals surface area contributed by atoms with E-state index in [9.17, 15) is 0 Å². The Morgan fingerprint density at radius 1 is 1.69 bits per heavy atom. The summed E-state index contributed by atoms with van der Waals surface area (Å²) in [6.07, 6.45) is 7.64. The van der Waals surface area contributed by atoms with E-state index >= 15 is 0 Å². The molecule has 0 bridgehead atoms. The number of alkyl halides is 1. The molecule has 2 nitrogen and oxygen atoms in total. The van der Waals surface area contributed by atoms with Gasteiger partial charge < -0.3 is 4.57 Å².